The van der Waals surface area contributed by atoms with E-state index in [9.17, 15) is 14.4 Å². The van der Waals surface area contributed by atoms with Crippen LogP contribution in [0.1, 0.15) is 31.1 Å². The highest BCUT2D eigenvalue weighted by molar-refractivity contribution is 5.81. The fourth-order valence-corrected chi connectivity index (χ4v) is 2.71. The third-order valence-corrected chi connectivity index (χ3v) is 4.10. The molecule has 1 aromatic carbocycles. The highest BCUT2D eigenvalue weighted by Crippen LogP contribution is 2.34. The first-order valence-corrected chi connectivity index (χ1v) is 8.46. The Kier molecular flexibility index (Phi) is 5.32. The second kappa shape index (κ2) is 7.83. The molecule has 7 heteroatoms. The summed E-state index contributed by atoms with van der Waals surface area (Å²) >= 11 is 0. The lowest BCUT2D eigenvalue weighted by atomic mass is 10.2. The van der Waals surface area contributed by atoms with Crippen LogP contribution in [0.25, 0.3) is 10.9 Å². The van der Waals surface area contributed by atoms with Gasteiger partial charge >= 0.3 is 5.97 Å². The summed E-state index contributed by atoms with van der Waals surface area (Å²) < 4.78 is 6.61. The number of ether oxygens (including phenoxy) is 1. The first-order valence-electron chi connectivity index (χ1n) is 8.46. The molecule has 0 spiro atoms. The lowest BCUT2D eigenvalue weighted by Gasteiger charge is -2.12. The number of hydrogen-bond donors (Lipinski definition) is 1. The van der Waals surface area contributed by atoms with Crippen LogP contribution >= 0.6 is 0 Å². The molecule has 1 aromatic heterocycles. The summed E-state index contributed by atoms with van der Waals surface area (Å²) in [6, 6.07) is 7.33. The molecule has 0 radical (unpaired) electrons. The molecule has 0 aliphatic heterocycles. The summed E-state index contributed by atoms with van der Waals surface area (Å²) in [6.07, 6.45) is 7.23. The number of esters is 1. The normalized spacial score (nSPS) is 13.2. The van der Waals surface area contributed by atoms with Crippen LogP contribution in [0.5, 0.6) is 0 Å². The van der Waals surface area contributed by atoms with Gasteiger partial charge in [0.1, 0.15) is 5.82 Å². The number of para-hydroxylation sites is 1. The molecule has 1 amide bonds. The van der Waals surface area contributed by atoms with E-state index in [0.29, 0.717) is 16.7 Å². The molecule has 1 saturated carbocycles. The molecule has 1 heterocycles. The van der Waals surface area contributed by atoms with E-state index < -0.39 is 11.9 Å². The molecule has 1 aliphatic rings. The topological polar surface area (TPSA) is 90.3 Å². The number of carbonyl (C=O) groups excluding carboxylic acids is 2. The Morgan fingerprint density at radius 2 is 2.12 bits per heavy atom. The van der Waals surface area contributed by atoms with Gasteiger partial charge in [-0.05, 0) is 25.0 Å². The van der Waals surface area contributed by atoms with Crippen LogP contribution in [0, 0.1) is 12.3 Å². The van der Waals surface area contributed by atoms with Gasteiger partial charge < -0.3 is 10.1 Å². The number of nitrogens with zero attached hydrogens (tertiary/aromatic N) is 2. The monoisotopic (exact) mass is 353 g/mol. The summed E-state index contributed by atoms with van der Waals surface area (Å²) in [5, 5.41) is 2.99. The van der Waals surface area contributed by atoms with Crippen molar-refractivity contribution in [2.45, 2.75) is 31.7 Å². The van der Waals surface area contributed by atoms with E-state index in [1.54, 1.807) is 16.7 Å². The molecule has 0 unspecified atom stereocenters. The third-order valence-electron chi connectivity index (χ3n) is 4.10. The van der Waals surface area contributed by atoms with Crippen LogP contribution in [0.3, 0.4) is 0 Å². The maximum Gasteiger partial charge on any atom is 0.306 e. The van der Waals surface area contributed by atoms with E-state index in [1.807, 2.05) is 12.1 Å². The summed E-state index contributed by atoms with van der Waals surface area (Å²) in [4.78, 5) is 40.6. The van der Waals surface area contributed by atoms with Crippen molar-refractivity contribution in [3.05, 3.63) is 40.4 Å². The Morgan fingerprint density at radius 1 is 1.35 bits per heavy atom. The number of carbonyl (C=O) groups is 2. The minimum absolute atomic E-state index is 0.0416. The Hall–Kier alpha value is -3.14. The summed E-state index contributed by atoms with van der Waals surface area (Å²) in [5.41, 5.74) is 0.543. The second-order valence-corrected chi connectivity index (χ2v) is 6.09. The highest BCUT2D eigenvalue weighted by atomic mass is 16.5. The molecule has 134 valence electrons. The van der Waals surface area contributed by atoms with Crippen LogP contribution in [-0.4, -0.2) is 34.6 Å². The fourth-order valence-electron chi connectivity index (χ4n) is 2.71. The average molecular weight is 353 g/mol. The van der Waals surface area contributed by atoms with E-state index in [1.165, 1.54) is 0 Å². The molecular formula is C19H19N3O4. The number of benzene rings is 1. The predicted octanol–water partition coefficient (Wildman–Crippen LogP) is 0.957. The van der Waals surface area contributed by atoms with Crippen LogP contribution < -0.4 is 10.9 Å². The lowest BCUT2D eigenvalue weighted by molar-refractivity contribution is -0.148. The molecule has 3 rings (SSSR count). The lowest BCUT2D eigenvalue weighted by Crippen LogP contribution is -2.29. The second-order valence-electron chi connectivity index (χ2n) is 6.09. The Morgan fingerprint density at radius 3 is 2.85 bits per heavy atom. The minimum atomic E-state index is -0.523. The number of hydrogen-bond acceptors (Lipinski definition) is 5. The van der Waals surface area contributed by atoms with Gasteiger partial charge in [0.25, 0.3) is 11.5 Å². The van der Waals surface area contributed by atoms with Gasteiger partial charge in [0.05, 0.1) is 23.9 Å². The van der Waals surface area contributed by atoms with E-state index in [-0.39, 0.29) is 37.6 Å². The summed E-state index contributed by atoms with van der Waals surface area (Å²) in [5.74, 6) is 1.86. The molecular weight excluding hydrogens is 334 g/mol. The molecule has 1 fully saturated rings. The van der Waals surface area contributed by atoms with Crippen molar-refractivity contribution in [3.63, 3.8) is 0 Å². The van der Waals surface area contributed by atoms with Gasteiger partial charge in [-0.1, -0.05) is 18.1 Å². The maximum absolute atomic E-state index is 12.7. The number of aromatic nitrogens is 2. The number of terminal acetylenes is 1. The van der Waals surface area contributed by atoms with Gasteiger partial charge in [-0.15, -0.1) is 6.42 Å². The molecule has 1 aliphatic carbocycles. The zero-order valence-electron chi connectivity index (χ0n) is 14.2. The molecule has 7 nitrogen and oxygen atoms in total. The largest absolute Gasteiger partial charge is 0.456 e. The van der Waals surface area contributed by atoms with Crippen LogP contribution in [0.15, 0.2) is 29.1 Å². The number of rotatable bonds is 7. The smallest absolute Gasteiger partial charge is 0.306 e. The number of fused-ring (bicyclic) bond motifs is 1. The molecule has 0 saturated heterocycles. The van der Waals surface area contributed by atoms with E-state index >= 15 is 0 Å². The van der Waals surface area contributed by atoms with Crippen molar-refractivity contribution in [2.24, 2.45) is 0 Å². The first kappa shape index (κ1) is 17.7. The molecule has 0 bridgehead atoms. The van der Waals surface area contributed by atoms with Gasteiger partial charge in [-0.3, -0.25) is 19.0 Å². The number of amides is 1. The molecule has 0 atom stereocenters. The molecule has 2 aromatic rings. The fraction of sp³-hybridized carbons (Fsp3) is 0.368. The first-order chi connectivity index (χ1) is 12.6. The Balaban J connectivity index is 1.68. The van der Waals surface area contributed by atoms with Crippen molar-refractivity contribution in [1.29, 1.82) is 0 Å². The predicted molar refractivity (Wildman–Crippen MR) is 95.4 cm³/mol. The van der Waals surface area contributed by atoms with Crippen molar-refractivity contribution >= 4 is 22.8 Å². The Bertz CT molecular complexity index is 938. The SMILES string of the molecule is C#CCNC(=O)COC(=O)CCc1nc2ccccc2c(=O)n1C1CC1. The van der Waals surface area contributed by atoms with Crippen molar-refractivity contribution in [2.75, 3.05) is 13.2 Å². The van der Waals surface area contributed by atoms with Gasteiger partial charge in [0.2, 0.25) is 0 Å². The van der Waals surface area contributed by atoms with Crippen LogP contribution in [-0.2, 0) is 20.7 Å². The summed E-state index contributed by atoms with van der Waals surface area (Å²) in [7, 11) is 0. The third kappa shape index (κ3) is 4.09. The zero-order valence-corrected chi connectivity index (χ0v) is 14.2. The minimum Gasteiger partial charge on any atom is -0.456 e. The maximum atomic E-state index is 12.7. The standard InChI is InChI=1S/C19H19N3O4/c1-2-11-20-17(23)12-26-18(24)10-9-16-21-15-6-4-3-5-14(15)19(25)22(16)13-7-8-13/h1,3-6,13H,7-12H2,(H,20,23). The van der Waals surface area contributed by atoms with Crippen molar-refractivity contribution in [1.82, 2.24) is 14.9 Å². The van der Waals surface area contributed by atoms with E-state index in [0.717, 1.165) is 12.8 Å². The summed E-state index contributed by atoms with van der Waals surface area (Å²) in [6.45, 7) is -0.286. The molecule has 26 heavy (non-hydrogen) atoms. The van der Waals surface area contributed by atoms with Gasteiger partial charge in [-0.25, -0.2) is 4.98 Å². The number of nitrogens with one attached hydrogen (secondary N) is 1. The van der Waals surface area contributed by atoms with Crippen molar-refractivity contribution < 1.29 is 14.3 Å². The van der Waals surface area contributed by atoms with E-state index in [4.69, 9.17) is 11.2 Å². The number of aryl methyl sites for hydroxylation is 1. The van der Waals surface area contributed by atoms with Crippen LogP contribution in [0.4, 0.5) is 0 Å². The van der Waals surface area contributed by atoms with Gasteiger partial charge in [0, 0.05) is 12.5 Å². The van der Waals surface area contributed by atoms with E-state index in [2.05, 4.69) is 16.2 Å². The van der Waals surface area contributed by atoms with Gasteiger partial charge in [-0.2, -0.15) is 0 Å². The van der Waals surface area contributed by atoms with Gasteiger partial charge in [0.15, 0.2) is 6.61 Å². The quantitative estimate of drug-likeness (QED) is 0.591. The highest BCUT2D eigenvalue weighted by Gasteiger charge is 2.28. The Labute approximate surface area is 150 Å². The average Bonchev–Trinajstić information content (AvgIpc) is 3.48. The zero-order chi connectivity index (χ0) is 18.5. The molecule has 1 N–H and O–H groups in total. The van der Waals surface area contributed by atoms with Crippen LogP contribution in [0.2, 0.25) is 0 Å². The van der Waals surface area contributed by atoms with Crippen molar-refractivity contribution in [3.8, 4) is 12.3 Å².